The first-order valence-electron chi connectivity index (χ1n) is 12.7. The Hall–Kier alpha value is -1.92. The van der Waals surface area contributed by atoms with Crippen molar-refractivity contribution in [3.63, 3.8) is 0 Å². The third kappa shape index (κ3) is 9.37. The number of hydrogen-bond donors (Lipinski definition) is 0. The van der Waals surface area contributed by atoms with Crippen molar-refractivity contribution < 1.29 is 26.5 Å². The van der Waals surface area contributed by atoms with E-state index in [1.807, 2.05) is 30.3 Å². The number of para-hydroxylation sites is 2. The maximum Gasteiger partial charge on any atom is 2.00 e. The Morgan fingerprint density at radius 3 is 1.71 bits per heavy atom. The smallest absolute Gasteiger partial charge is 0.496 e. The van der Waals surface area contributed by atoms with Crippen LogP contribution >= 0.6 is 15.8 Å². The Labute approximate surface area is 243 Å². The molecule has 0 aliphatic heterocycles. The van der Waals surface area contributed by atoms with E-state index in [4.69, 9.17) is 9.47 Å². The van der Waals surface area contributed by atoms with E-state index in [0.717, 1.165) is 36.8 Å². The summed E-state index contributed by atoms with van der Waals surface area (Å²) in [4.78, 5) is 2.27. The van der Waals surface area contributed by atoms with Crippen molar-refractivity contribution in [2.75, 3.05) is 48.2 Å². The van der Waals surface area contributed by atoms with Crippen LogP contribution in [0.2, 0.25) is 0 Å². The second-order valence-corrected chi connectivity index (χ2v) is 13.9. The maximum absolute atomic E-state index is 5.71. The Bertz CT molecular complexity index is 1120. The first kappa shape index (κ1) is 32.3. The summed E-state index contributed by atoms with van der Waals surface area (Å²) < 4.78 is 11.4. The average Bonchev–Trinajstić information content (AvgIpc) is 3.61. The molecule has 0 atom stereocenters. The second-order valence-electron chi connectivity index (χ2n) is 9.48. The minimum absolute atomic E-state index is 0. The van der Waals surface area contributed by atoms with Gasteiger partial charge in [-0.2, -0.15) is 29.8 Å². The molecule has 0 heterocycles. The molecule has 0 amide bonds. The zero-order valence-electron chi connectivity index (χ0n) is 23.5. The summed E-state index contributed by atoms with van der Waals surface area (Å²) in [5.41, 5.74) is 4.10. The molecule has 0 aliphatic rings. The van der Waals surface area contributed by atoms with Crippen molar-refractivity contribution in [1.29, 1.82) is 0 Å². The van der Waals surface area contributed by atoms with Gasteiger partial charge >= 0.3 is 17.1 Å². The number of benzene rings is 2. The van der Waals surface area contributed by atoms with Gasteiger partial charge in [-0.1, -0.05) is 42.8 Å². The zero-order valence-corrected chi connectivity index (χ0v) is 26.4. The Balaban J connectivity index is 0.000000756. The van der Waals surface area contributed by atoms with Crippen LogP contribution in [-0.4, -0.2) is 53.1 Å². The summed E-state index contributed by atoms with van der Waals surface area (Å²) in [5, 5.41) is 3.17. The molecule has 0 radical (unpaired) electrons. The molecule has 0 aliphatic carbocycles. The number of nitrogens with zero attached hydrogens (tertiary/aromatic N) is 1. The van der Waals surface area contributed by atoms with E-state index in [9.17, 15) is 0 Å². The van der Waals surface area contributed by atoms with Gasteiger partial charge in [0.05, 0.1) is 14.2 Å². The van der Waals surface area contributed by atoms with Crippen LogP contribution in [0.1, 0.15) is 16.7 Å². The van der Waals surface area contributed by atoms with Gasteiger partial charge in [0.1, 0.15) is 11.5 Å². The molecule has 4 aromatic carbocycles. The van der Waals surface area contributed by atoms with Crippen LogP contribution in [0, 0.1) is 0 Å². The molecule has 3 nitrogen and oxygen atoms in total. The molecular formula is C32H41FeNO2P2. The van der Waals surface area contributed by atoms with Gasteiger partial charge in [-0.05, 0) is 69.6 Å². The SMILES string of the molecule is COc1ccccc1CP(Cc1ccccc1OC)[c-]1ccc(CCN(C)C)c1P(C)C.[Fe+2].c1cc[cH-]c1. The zero-order chi connectivity index (χ0) is 26.6. The van der Waals surface area contributed by atoms with Crippen molar-refractivity contribution in [2.45, 2.75) is 18.7 Å². The average molecular weight is 589 g/mol. The summed E-state index contributed by atoms with van der Waals surface area (Å²) in [6.07, 6.45) is 3.12. The van der Waals surface area contributed by atoms with E-state index in [1.165, 1.54) is 16.7 Å². The van der Waals surface area contributed by atoms with Crippen LogP contribution in [0.5, 0.6) is 11.5 Å². The Kier molecular flexibility index (Phi) is 14.4. The van der Waals surface area contributed by atoms with Crippen LogP contribution in [0.3, 0.4) is 0 Å². The second kappa shape index (κ2) is 16.9. The van der Waals surface area contributed by atoms with E-state index in [1.54, 1.807) is 24.8 Å². The minimum Gasteiger partial charge on any atom is -0.496 e. The summed E-state index contributed by atoms with van der Waals surface area (Å²) >= 11 is 0. The van der Waals surface area contributed by atoms with Crippen LogP contribution < -0.4 is 20.1 Å². The summed E-state index contributed by atoms with van der Waals surface area (Å²) in [7, 11) is 7.18. The monoisotopic (exact) mass is 589 g/mol. The fraction of sp³-hybridized carbons (Fsp3) is 0.312. The summed E-state index contributed by atoms with van der Waals surface area (Å²) in [6, 6.07) is 31.7. The van der Waals surface area contributed by atoms with Crippen molar-refractivity contribution in [3.05, 3.63) is 108 Å². The van der Waals surface area contributed by atoms with E-state index >= 15 is 0 Å². The van der Waals surface area contributed by atoms with E-state index in [2.05, 4.69) is 93.0 Å². The predicted molar refractivity (Wildman–Crippen MR) is 165 cm³/mol. The van der Waals surface area contributed by atoms with Gasteiger partial charge in [0, 0.05) is 0 Å². The number of methoxy groups -OCH3 is 2. The maximum atomic E-state index is 5.71. The molecule has 0 fully saturated rings. The molecule has 6 heteroatoms. The molecule has 4 rings (SSSR count). The van der Waals surface area contributed by atoms with Gasteiger partial charge in [0.2, 0.25) is 0 Å². The third-order valence-electron chi connectivity index (χ3n) is 6.27. The quantitative estimate of drug-likeness (QED) is 0.109. The van der Waals surface area contributed by atoms with Gasteiger partial charge in [-0.25, -0.2) is 18.2 Å². The Morgan fingerprint density at radius 1 is 0.763 bits per heavy atom. The van der Waals surface area contributed by atoms with Crippen LogP contribution in [0.15, 0.2) is 91.0 Å². The molecule has 0 saturated carbocycles. The normalized spacial score (nSPS) is 10.8. The van der Waals surface area contributed by atoms with Crippen molar-refractivity contribution in [3.8, 4) is 11.5 Å². The molecule has 0 unspecified atom stereocenters. The molecule has 0 N–H and O–H groups in total. The molecule has 0 aromatic heterocycles. The third-order valence-corrected chi connectivity index (χ3v) is 10.4. The number of likely N-dealkylation sites (N-methyl/N-ethyl adjacent to an activating group) is 1. The van der Waals surface area contributed by atoms with Gasteiger partial charge in [-0.3, -0.25) is 0 Å². The first-order chi connectivity index (χ1) is 17.9. The van der Waals surface area contributed by atoms with Crippen LogP contribution in [0.25, 0.3) is 0 Å². The van der Waals surface area contributed by atoms with Gasteiger partial charge in [-0.15, -0.1) is 26.5 Å². The standard InChI is InChI=1S/C27H36NO2P2.C5H5.Fe/c1-28(2)18-17-21-15-16-26(27(21)31(5)6)32(19-22-11-7-9-13-24(22)29-3)20-23-12-8-10-14-25(23)30-4;1-2-4-5-3-1;/h7-16H,17-20H2,1-6H3;1-5H;/q2*-1;+2. The van der Waals surface area contributed by atoms with Gasteiger partial charge < -0.3 is 14.4 Å². The van der Waals surface area contributed by atoms with Crippen molar-refractivity contribution >= 4 is 26.5 Å². The van der Waals surface area contributed by atoms with Crippen LogP contribution in [-0.2, 0) is 35.8 Å². The number of hydrogen-bond acceptors (Lipinski definition) is 3. The van der Waals surface area contributed by atoms with Crippen molar-refractivity contribution in [2.24, 2.45) is 0 Å². The molecule has 4 aromatic rings. The minimum atomic E-state index is -0.468. The fourth-order valence-electron chi connectivity index (χ4n) is 4.44. The molecule has 204 valence electrons. The van der Waals surface area contributed by atoms with Crippen LogP contribution in [0.4, 0.5) is 0 Å². The van der Waals surface area contributed by atoms with Crippen molar-refractivity contribution in [1.82, 2.24) is 4.90 Å². The van der Waals surface area contributed by atoms with E-state index in [0.29, 0.717) is 0 Å². The topological polar surface area (TPSA) is 21.7 Å². The fourth-order valence-corrected chi connectivity index (χ4v) is 9.29. The van der Waals surface area contributed by atoms with E-state index < -0.39 is 7.92 Å². The van der Waals surface area contributed by atoms with Gasteiger partial charge in [0.15, 0.2) is 0 Å². The Morgan fingerprint density at radius 2 is 1.29 bits per heavy atom. The van der Waals surface area contributed by atoms with E-state index in [-0.39, 0.29) is 25.0 Å². The molecule has 38 heavy (non-hydrogen) atoms. The molecule has 0 spiro atoms. The number of ether oxygens (including phenoxy) is 2. The molecule has 0 saturated heterocycles. The predicted octanol–water partition coefficient (Wildman–Crippen LogP) is 6.80. The summed E-state index contributed by atoms with van der Waals surface area (Å²) in [6.45, 7) is 5.87. The number of rotatable bonds is 11. The first-order valence-corrected chi connectivity index (χ1v) is 16.7. The molecule has 0 bridgehead atoms. The van der Waals surface area contributed by atoms with Gasteiger partial charge in [0.25, 0.3) is 0 Å². The summed E-state index contributed by atoms with van der Waals surface area (Å²) in [5.74, 6) is 1.97. The largest absolute Gasteiger partial charge is 2.00 e. The molecular weight excluding hydrogens is 548 g/mol.